The predicted octanol–water partition coefficient (Wildman–Crippen LogP) is 2.79. The van der Waals surface area contributed by atoms with E-state index in [1.54, 1.807) is 23.1 Å². The molecule has 1 fully saturated rings. The van der Waals surface area contributed by atoms with Crippen LogP contribution in [0.2, 0.25) is 10.0 Å². The van der Waals surface area contributed by atoms with Crippen LogP contribution < -0.4 is 0 Å². The molecule has 1 amide bonds. The third kappa shape index (κ3) is 3.72. The molecular formula is C14H14Cl2NO2. The normalized spacial score (nSPS) is 17.1. The molecule has 1 saturated heterocycles. The van der Waals surface area contributed by atoms with Gasteiger partial charge in [-0.3, -0.25) is 4.79 Å². The SMILES string of the molecule is O=C(/C=C/c1cc[c]c(Cl)c1Cl)N1CCC(O)CC1. The number of benzene rings is 1. The van der Waals surface area contributed by atoms with Crippen molar-refractivity contribution >= 4 is 35.2 Å². The molecule has 1 aliphatic rings. The van der Waals surface area contributed by atoms with Gasteiger partial charge in [0.15, 0.2) is 0 Å². The van der Waals surface area contributed by atoms with E-state index in [0.29, 0.717) is 41.5 Å². The third-order valence-electron chi connectivity index (χ3n) is 3.10. The summed E-state index contributed by atoms with van der Waals surface area (Å²) in [5.74, 6) is -0.0769. The van der Waals surface area contributed by atoms with Gasteiger partial charge in [0, 0.05) is 25.2 Å². The van der Waals surface area contributed by atoms with Crippen LogP contribution in [0, 0.1) is 6.07 Å². The largest absolute Gasteiger partial charge is 0.393 e. The van der Waals surface area contributed by atoms with Crippen molar-refractivity contribution in [3.8, 4) is 0 Å². The molecule has 5 heteroatoms. The lowest BCUT2D eigenvalue weighted by Gasteiger charge is -2.28. The van der Waals surface area contributed by atoms with Crippen LogP contribution in [0.1, 0.15) is 18.4 Å². The number of hydrogen-bond donors (Lipinski definition) is 1. The van der Waals surface area contributed by atoms with E-state index in [9.17, 15) is 9.90 Å². The van der Waals surface area contributed by atoms with E-state index in [-0.39, 0.29) is 12.0 Å². The van der Waals surface area contributed by atoms with Crippen LogP contribution >= 0.6 is 23.2 Å². The average Bonchev–Trinajstić information content (AvgIpc) is 2.41. The van der Waals surface area contributed by atoms with E-state index in [4.69, 9.17) is 23.2 Å². The van der Waals surface area contributed by atoms with Crippen LogP contribution in [-0.2, 0) is 4.79 Å². The van der Waals surface area contributed by atoms with Crippen molar-refractivity contribution in [2.24, 2.45) is 0 Å². The van der Waals surface area contributed by atoms with Crippen molar-refractivity contribution in [3.05, 3.63) is 39.9 Å². The maximum Gasteiger partial charge on any atom is 0.246 e. The van der Waals surface area contributed by atoms with E-state index >= 15 is 0 Å². The molecule has 0 unspecified atom stereocenters. The lowest BCUT2D eigenvalue weighted by molar-refractivity contribution is -0.127. The minimum atomic E-state index is -0.286. The lowest BCUT2D eigenvalue weighted by Crippen LogP contribution is -2.39. The summed E-state index contributed by atoms with van der Waals surface area (Å²) < 4.78 is 0. The fourth-order valence-electron chi connectivity index (χ4n) is 1.95. The van der Waals surface area contributed by atoms with E-state index in [0.717, 1.165) is 0 Å². The van der Waals surface area contributed by atoms with E-state index in [2.05, 4.69) is 6.07 Å². The number of carbonyl (C=O) groups is 1. The molecule has 1 aromatic carbocycles. The minimum absolute atomic E-state index is 0.0769. The van der Waals surface area contributed by atoms with Gasteiger partial charge in [0.05, 0.1) is 16.1 Å². The number of amides is 1. The van der Waals surface area contributed by atoms with Gasteiger partial charge in [-0.1, -0.05) is 35.3 Å². The Hall–Kier alpha value is -1.03. The monoisotopic (exact) mass is 298 g/mol. The van der Waals surface area contributed by atoms with Gasteiger partial charge < -0.3 is 10.0 Å². The van der Waals surface area contributed by atoms with Gasteiger partial charge in [-0.25, -0.2) is 0 Å². The topological polar surface area (TPSA) is 40.5 Å². The van der Waals surface area contributed by atoms with Gasteiger partial charge in [0.2, 0.25) is 5.91 Å². The molecule has 3 nitrogen and oxygen atoms in total. The number of carbonyl (C=O) groups excluding carboxylic acids is 1. The first-order chi connectivity index (χ1) is 9.08. The average molecular weight is 299 g/mol. The van der Waals surface area contributed by atoms with E-state index in [1.807, 2.05) is 0 Å². The molecule has 0 aromatic heterocycles. The highest BCUT2D eigenvalue weighted by atomic mass is 35.5. The maximum atomic E-state index is 11.9. The minimum Gasteiger partial charge on any atom is -0.393 e. The molecule has 19 heavy (non-hydrogen) atoms. The van der Waals surface area contributed by atoms with Crippen molar-refractivity contribution in [1.29, 1.82) is 0 Å². The van der Waals surface area contributed by atoms with Gasteiger partial charge in [0.1, 0.15) is 0 Å². The molecule has 1 radical (unpaired) electrons. The number of nitrogens with zero attached hydrogens (tertiary/aromatic N) is 1. The zero-order valence-corrected chi connectivity index (χ0v) is 11.8. The quantitative estimate of drug-likeness (QED) is 0.853. The number of hydrogen-bond acceptors (Lipinski definition) is 2. The Morgan fingerprint density at radius 2 is 2.11 bits per heavy atom. The first-order valence-electron chi connectivity index (χ1n) is 6.08. The summed E-state index contributed by atoms with van der Waals surface area (Å²) in [7, 11) is 0. The second-order valence-electron chi connectivity index (χ2n) is 4.45. The molecular weight excluding hydrogens is 285 g/mol. The molecule has 2 rings (SSSR count). The highest BCUT2D eigenvalue weighted by Gasteiger charge is 2.19. The Morgan fingerprint density at radius 1 is 1.42 bits per heavy atom. The van der Waals surface area contributed by atoms with Gasteiger partial charge in [0.25, 0.3) is 0 Å². The smallest absolute Gasteiger partial charge is 0.246 e. The zero-order chi connectivity index (χ0) is 13.8. The van der Waals surface area contributed by atoms with E-state index < -0.39 is 0 Å². The molecule has 1 aliphatic heterocycles. The standard InChI is InChI=1S/C14H14Cl2NO2/c15-12-3-1-2-10(14(12)16)4-5-13(19)17-8-6-11(18)7-9-17/h1-2,4-5,11,18H,6-9H2/b5-4+. The summed E-state index contributed by atoms with van der Waals surface area (Å²) in [6.45, 7) is 1.17. The Balaban J connectivity index is 2.02. The summed E-state index contributed by atoms with van der Waals surface area (Å²) >= 11 is 11.9. The maximum absolute atomic E-state index is 11.9. The molecule has 0 saturated carbocycles. The highest BCUT2D eigenvalue weighted by molar-refractivity contribution is 6.42. The van der Waals surface area contributed by atoms with E-state index in [1.165, 1.54) is 6.08 Å². The second kappa shape index (κ2) is 6.42. The summed E-state index contributed by atoms with van der Waals surface area (Å²) in [5, 5.41) is 10.1. The molecule has 0 atom stereocenters. The fraction of sp³-hybridized carbons (Fsp3) is 0.357. The molecule has 1 N–H and O–H groups in total. The second-order valence-corrected chi connectivity index (χ2v) is 5.21. The van der Waals surface area contributed by atoms with Crippen molar-refractivity contribution in [2.45, 2.75) is 18.9 Å². The molecule has 1 aromatic rings. The molecule has 0 spiro atoms. The number of aliphatic hydroxyl groups excluding tert-OH is 1. The fourth-order valence-corrected chi connectivity index (χ4v) is 2.30. The summed E-state index contributed by atoms with van der Waals surface area (Å²) in [6.07, 6.45) is 4.11. The molecule has 101 valence electrons. The molecule has 0 aliphatic carbocycles. The summed E-state index contributed by atoms with van der Waals surface area (Å²) in [5.41, 5.74) is 0.691. The Labute approximate surface area is 122 Å². The number of piperidine rings is 1. The lowest BCUT2D eigenvalue weighted by atomic mass is 10.1. The van der Waals surface area contributed by atoms with Gasteiger partial charge >= 0.3 is 0 Å². The molecule has 1 heterocycles. The number of aliphatic hydroxyl groups is 1. The van der Waals surface area contributed by atoms with Crippen LogP contribution in [0.3, 0.4) is 0 Å². The first kappa shape index (κ1) is 14.4. The number of likely N-dealkylation sites (tertiary alicyclic amines) is 1. The van der Waals surface area contributed by atoms with Crippen LogP contribution in [0.4, 0.5) is 0 Å². The van der Waals surface area contributed by atoms with Crippen molar-refractivity contribution in [2.75, 3.05) is 13.1 Å². The Kier molecular flexibility index (Phi) is 4.86. The summed E-state index contributed by atoms with van der Waals surface area (Å²) in [6, 6.07) is 6.18. The van der Waals surface area contributed by atoms with Crippen molar-refractivity contribution < 1.29 is 9.90 Å². The Morgan fingerprint density at radius 3 is 2.79 bits per heavy atom. The number of rotatable bonds is 2. The Bertz CT molecular complexity index is 494. The molecule has 0 bridgehead atoms. The summed E-state index contributed by atoms with van der Waals surface area (Å²) in [4.78, 5) is 13.7. The van der Waals surface area contributed by atoms with Gasteiger partial charge in [-0.05, 0) is 24.5 Å². The van der Waals surface area contributed by atoms with Gasteiger partial charge in [-0.2, -0.15) is 0 Å². The first-order valence-corrected chi connectivity index (χ1v) is 6.84. The van der Waals surface area contributed by atoms with Crippen LogP contribution in [0.15, 0.2) is 18.2 Å². The van der Waals surface area contributed by atoms with Crippen molar-refractivity contribution in [1.82, 2.24) is 4.90 Å². The highest BCUT2D eigenvalue weighted by Crippen LogP contribution is 2.26. The van der Waals surface area contributed by atoms with Crippen LogP contribution in [-0.4, -0.2) is 35.1 Å². The van der Waals surface area contributed by atoms with Crippen molar-refractivity contribution in [3.63, 3.8) is 0 Å². The van der Waals surface area contributed by atoms with Crippen LogP contribution in [0.5, 0.6) is 0 Å². The predicted molar refractivity (Wildman–Crippen MR) is 76.2 cm³/mol. The van der Waals surface area contributed by atoms with Crippen LogP contribution in [0.25, 0.3) is 6.08 Å². The third-order valence-corrected chi connectivity index (χ3v) is 3.90. The zero-order valence-electron chi connectivity index (χ0n) is 10.3. The number of halogens is 2. The van der Waals surface area contributed by atoms with Gasteiger partial charge in [-0.15, -0.1) is 0 Å².